The summed E-state index contributed by atoms with van der Waals surface area (Å²) in [5, 5.41) is 17.5. The minimum Gasteiger partial charge on any atom is -0.387 e. The summed E-state index contributed by atoms with van der Waals surface area (Å²) in [6, 6.07) is -0.744. The molecule has 6 atom stereocenters. The average molecular weight is 568 g/mol. The monoisotopic (exact) mass is 567 g/mol. The topological polar surface area (TPSA) is 155 Å². The van der Waals surface area contributed by atoms with Gasteiger partial charge in [0.25, 0.3) is 5.91 Å². The van der Waals surface area contributed by atoms with E-state index in [-0.39, 0.29) is 17.4 Å². The van der Waals surface area contributed by atoms with Crippen molar-refractivity contribution in [2.75, 3.05) is 33.9 Å². The number of nitrogens with one attached hydrogen (secondary N) is 1. The lowest BCUT2D eigenvalue weighted by Gasteiger charge is -2.45. The molecule has 0 spiro atoms. The van der Waals surface area contributed by atoms with E-state index >= 15 is 0 Å². The number of likely N-dealkylation sites (tertiary alicyclic amines) is 1. The normalized spacial score (nSPS) is 28.1. The number of amides is 2. The highest BCUT2D eigenvalue weighted by atomic mass is 16.7. The Hall–Kier alpha value is -2.21. The van der Waals surface area contributed by atoms with Gasteiger partial charge in [0.1, 0.15) is 24.4 Å². The summed E-state index contributed by atoms with van der Waals surface area (Å²) in [4.78, 5) is 30.8. The van der Waals surface area contributed by atoms with Crippen LogP contribution in [0.1, 0.15) is 73.1 Å². The number of unbranched alkanes of at least 4 members (excludes halogenated alkanes) is 3. The van der Waals surface area contributed by atoms with E-state index in [0.717, 1.165) is 25.7 Å². The molecule has 0 aromatic carbocycles. The van der Waals surface area contributed by atoms with Crippen LogP contribution in [0.3, 0.4) is 0 Å². The summed E-state index contributed by atoms with van der Waals surface area (Å²) in [6.45, 7) is 11.1. The summed E-state index contributed by atoms with van der Waals surface area (Å²) < 4.78 is 23.4. The number of ether oxygens (including phenoxy) is 4. The van der Waals surface area contributed by atoms with E-state index < -0.39 is 42.2 Å². The van der Waals surface area contributed by atoms with Gasteiger partial charge in [-0.3, -0.25) is 9.59 Å². The molecule has 2 fully saturated rings. The number of carbonyl (C=O) groups excluding carboxylic acids is 2. The Labute approximate surface area is 238 Å². The molecule has 2 heterocycles. The van der Waals surface area contributed by atoms with Crippen molar-refractivity contribution in [2.24, 2.45) is 10.5 Å². The second-order valence-corrected chi connectivity index (χ2v) is 12.2. The van der Waals surface area contributed by atoms with Crippen LogP contribution in [0, 0.1) is 5.41 Å². The van der Waals surface area contributed by atoms with Gasteiger partial charge >= 0.3 is 0 Å². The van der Waals surface area contributed by atoms with Gasteiger partial charge in [0, 0.05) is 38.8 Å². The highest BCUT2D eigenvalue weighted by Crippen LogP contribution is 2.31. The minimum atomic E-state index is -1.16. The Bertz CT molecular complexity index is 900. The van der Waals surface area contributed by atoms with E-state index in [1.807, 2.05) is 26.8 Å². The molecular weight excluding hydrogens is 518 g/mol. The van der Waals surface area contributed by atoms with Crippen LogP contribution < -0.4 is 5.32 Å². The van der Waals surface area contributed by atoms with Crippen LogP contribution in [0.15, 0.2) is 17.3 Å². The first-order valence-electron chi connectivity index (χ1n) is 14.2. The summed E-state index contributed by atoms with van der Waals surface area (Å²) in [7, 11) is 3.08. The molecule has 0 radical (unpaired) electrons. The molecule has 2 aliphatic heterocycles. The fourth-order valence-electron chi connectivity index (χ4n) is 4.86. The molecule has 2 rings (SSSR count). The molecule has 0 bridgehead atoms. The average Bonchev–Trinajstić information content (AvgIpc) is 3.00. The second-order valence-electron chi connectivity index (χ2n) is 12.2. The fraction of sp³-hybridized carbons (Fsp3) is 0.857. The van der Waals surface area contributed by atoms with Gasteiger partial charge in [-0.05, 0) is 50.5 Å². The van der Waals surface area contributed by atoms with E-state index in [9.17, 15) is 14.7 Å². The summed E-state index contributed by atoms with van der Waals surface area (Å²) in [5.74, 6) is -1.80. The number of hydrogen-bond donors (Lipinski definition) is 2. The molecule has 0 unspecified atom stereocenters. The lowest BCUT2D eigenvalue weighted by Crippen LogP contribution is -2.62. The molecule has 12 heteroatoms. The maximum absolute atomic E-state index is 13.4. The largest absolute Gasteiger partial charge is 0.387 e. The number of hydrogen-bond acceptors (Lipinski definition) is 8. The maximum Gasteiger partial charge on any atom is 0.252 e. The van der Waals surface area contributed by atoms with Gasteiger partial charge in [0.05, 0.1) is 6.10 Å². The van der Waals surface area contributed by atoms with Gasteiger partial charge < -0.3 is 34.3 Å². The number of methoxy groups -OCH3 is 1. The first-order chi connectivity index (χ1) is 18.8. The van der Waals surface area contributed by atoms with Crippen molar-refractivity contribution in [3.05, 3.63) is 22.6 Å². The predicted octanol–water partition coefficient (Wildman–Crippen LogP) is 3.48. The zero-order valence-corrected chi connectivity index (χ0v) is 25.2. The Kier molecular flexibility index (Phi) is 13.3. The van der Waals surface area contributed by atoms with E-state index in [2.05, 4.69) is 15.3 Å². The van der Waals surface area contributed by atoms with E-state index in [4.69, 9.17) is 24.5 Å². The number of rotatable bonds is 13. The molecule has 2 N–H and O–H groups in total. The van der Waals surface area contributed by atoms with Crippen molar-refractivity contribution in [3.63, 3.8) is 0 Å². The fourth-order valence-corrected chi connectivity index (χ4v) is 4.86. The molecule has 12 nitrogen and oxygen atoms in total. The number of nitrogens with zero attached hydrogens (tertiary/aromatic N) is 4. The third-order valence-corrected chi connectivity index (χ3v) is 6.92. The first kappa shape index (κ1) is 34.0. The van der Waals surface area contributed by atoms with Crippen LogP contribution in [0.5, 0.6) is 0 Å². The van der Waals surface area contributed by atoms with Crippen molar-refractivity contribution in [3.8, 4) is 0 Å². The lowest BCUT2D eigenvalue weighted by atomic mass is 9.93. The first-order valence-corrected chi connectivity index (χ1v) is 14.2. The molecular formula is C28H49N5O7. The summed E-state index contributed by atoms with van der Waals surface area (Å²) >= 11 is 0. The second kappa shape index (κ2) is 15.7. The standard InChI is InChI=1S/C28H49N5O7/c1-27(2,3)15-14-21-22(34)23(40-28(4,5)39-21)24(37-7)25(35)31-20-13-12-19(18-33(6)26(20)36)38-17-11-9-8-10-16-30-32-29/h14-15,19-24,34H,8-13,16-18H2,1-7H3,(H,31,35)/b15-14+/t19-,20+,21-,22-,23-,24-/m1/s1. The van der Waals surface area contributed by atoms with Gasteiger partial charge in [0.2, 0.25) is 5.91 Å². The van der Waals surface area contributed by atoms with Crippen LogP contribution in [0.2, 0.25) is 0 Å². The number of aliphatic hydroxyl groups excluding tert-OH is 1. The van der Waals surface area contributed by atoms with Crippen LogP contribution in [0.4, 0.5) is 0 Å². The van der Waals surface area contributed by atoms with Crippen molar-refractivity contribution in [1.82, 2.24) is 10.2 Å². The van der Waals surface area contributed by atoms with Crippen molar-refractivity contribution in [1.29, 1.82) is 0 Å². The molecule has 2 saturated heterocycles. The van der Waals surface area contributed by atoms with Crippen molar-refractivity contribution in [2.45, 2.75) is 115 Å². The van der Waals surface area contributed by atoms with Gasteiger partial charge in [0.15, 0.2) is 11.9 Å². The van der Waals surface area contributed by atoms with Crippen LogP contribution in [0.25, 0.3) is 10.4 Å². The molecule has 0 saturated carbocycles. The van der Waals surface area contributed by atoms with Gasteiger partial charge in [-0.15, -0.1) is 0 Å². The van der Waals surface area contributed by atoms with Crippen molar-refractivity contribution < 1.29 is 33.6 Å². The number of carbonyl (C=O) groups is 2. The van der Waals surface area contributed by atoms with Crippen molar-refractivity contribution >= 4 is 11.8 Å². The zero-order valence-electron chi connectivity index (χ0n) is 25.2. The SMILES string of the molecule is CO[C@@H](C(=O)N[C@H]1CC[C@@H](OCCCCCCN=[N+]=[N-])CN(C)C1=O)[C@@H]1OC(C)(C)O[C@H](/C=C/C(C)(C)C)[C@H]1O. The van der Waals surface area contributed by atoms with Crippen LogP contribution in [-0.4, -0.2) is 98.0 Å². The van der Waals surface area contributed by atoms with E-state index in [1.54, 1.807) is 31.9 Å². The molecule has 0 aromatic rings. The Balaban J connectivity index is 1.97. The third-order valence-electron chi connectivity index (χ3n) is 6.92. The molecule has 40 heavy (non-hydrogen) atoms. The predicted molar refractivity (Wildman–Crippen MR) is 150 cm³/mol. The highest BCUT2D eigenvalue weighted by molar-refractivity contribution is 5.89. The minimum absolute atomic E-state index is 0.124. The van der Waals surface area contributed by atoms with Gasteiger partial charge in [-0.2, -0.15) is 0 Å². The third kappa shape index (κ3) is 11.0. The number of allylic oxidation sites excluding steroid dienone is 1. The van der Waals surface area contributed by atoms with E-state index in [0.29, 0.717) is 32.5 Å². The highest BCUT2D eigenvalue weighted by Gasteiger charge is 2.48. The Morgan fingerprint density at radius 1 is 1.27 bits per heavy atom. The zero-order chi connectivity index (χ0) is 29.9. The van der Waals surface area contributed by atoms with E-state index in [1.165, 1.54) is 7.11 Å². The Morgan fingerprint density at radius 3 is 2.62 bits per heavy atom. The van der Waals surface area contributed by atoms with Gasteiger partial charge in [-0.25, -0.2) is 0 Å². The Morgan fingerprint density at radius 2 is 1.98 bits per heavy atom. The molecule has 228 valence electrons. The lowest BCUT2D eigenvalue weighted by molar-refractivity contribution is -0.334. The number of azide groups is 1. The van der Waals surface area contributed by atoms with Gasteiger partial charge in [-0.1, -0.05) is 50.9 Å². The summed E-state index contributed by atoms with van der Waals surface area (Å²) in [5.41, 5.74) is 8.19. The van der Waals surface area contributed by atoms with Crippen LogP contribution >= 0.6 is 0 Å². The summed E-state index contributed by atoms with van der Waals surface area (Å²) in [6.07, 6.45) is 4.30. The smallest absolute Gasteiger partial charge is 0.252 e. The number of likely N-dealkylation sites (N-methyl/N-ethyl adjacent to an activating group) is 1. The molecule has 0 aliphatic carbocycles. The maximum atomic E-state index is 13.4. The molecule has 0 aromatic heterocycles. The van der Waals surface area contributed by atoms with Crippen LogP contribution in [-0.2, 0) is 28.5 Å². The number of aliphatic hydroxyl groups is 1. The molecule has 2 aliphatic rings. The molecule has 2 amide bonds. The quantitative estimate of drug-likeness (QED) is 0.113.